The lowest BCUT2D eigenvalue weighted by molar-refractivity contribution is 0.0985. The molecule has 0 saturated heterocycles. The van der Waals surface area contributed by atoms with Gasteiger partial charge in [-0.15, -0.1) is 0 Å². The van der Waals surface area contributed by atoms with Crippen molar-refractivity contribution in [2.24, 2.45) is 11.8 Å². The van der Waals surface area contributed by atoms with Crippen LogP contribution in [0.2, 0.25) is 0 Å². The molecule has 0 fully saturated rings. The number of thiazole rings is 1. The summed E-state index contributed by atoms with van der Waals surface area (Å²) < 4.78 is 56.7. The summed E-state index contributed by atoms with van der Waals surface area (Å²) in [5, 5.41) is 0.181. The number of hydrogen-bond donors (Lipinski definition) is 0. The molecule has 39 heavy (non-hydrogen) atoms. The zero-order valence-corrected chi connectivity index (χ0v) is 23.8. The van der Waals surface area contributed by atoms with E-state index in [-0.39, 0.29) is 44.2 Å². The fourth-order valence-corrected chi connectivity index (χ4v) is 6.89. The highest BCUT2D eigenvalue weighted by atomic mass is 32.2. The molecular formula is C28H30F2N4O3S2. The van der Waals surface area contributed by atoms with Crippen LogP contribution in [-0.4, -0.2) is 41.7 Å². The number of pyridine rings is 1. The largest absolute Gasteiger partial charge is 0.279 e. The molecule has 11 heteroatoms. The number of benzene rings is 2. The minimum Gasteiger partial charge on any atom is -0.279 e. The lowest BCUT2D eigenvalue weighted by Gasteiger charge is -2.26. The minimum absolute atomic E-state index is 0.0303. The average Bonchev–Trinajstić information content (AvgIpc) is 3.31. The summed E-state index contributed by atoms with van der Waals surface area (Å²) in [5.74, 6) is -1.73. The van der Waals surface area contributed by atoms with E-state index in [2.05, 4.69) is 9.97 Å². The molecule has 0 radical (unpaired) electrons. The molecule has 0 atom stereocenters. The number of halogens is 2. The Kier molecular flexibility index (Phi) is 8.73. The molecule has 2 aromatic heterocycles. The monoisotopic (exact) mass is 572 g/mol. The topological polar surface area (TPSA) is 83.5 Å². The van der Waals surface area contributed by atoms with E-state index in [1.165, 1.54) is 39.5 Å². The second-order valence-electron chi connectivity index (χ2n) is 10.1. The standard InChI is InChI=1S/C28H30F2N4O3S2/c1-18(2)15-33(16-19(3)4)39(36,37)23-9-7-21(8-10-23)27(35)34(17-20-6-5-11-31-14-20)28-32-26-24(30)12-22(29)13-25(26)38-28/h5-14,18-19H,15-17H2,1-4H3. The summed E-state index contributed by atoms with van der Waals surface area (Å²) in [6.45, 7) is 8.69. The van der Waals surface area contributed by atoms with E-state index in [1.54, 1.807) is 24.5 Å². The van der Waals surface area contributed by atoms with Gasteiger partial charge in [0, 0.05) is 37.1 Å². The Morgan fingerprint density at radius 2 is 1.67 bits per heavy atom. The van der Waals surface area contributed by atoms with Gasteiger partial charge in [-0.05, 0) is 53.8 Å². The van der Waals surface area contributed by atoms with Crippen LogP contribution in [0.1, 0.15) is 43.6 Å². The Labute approximate surface area is 231 Å². The third kappa shape index (κ3) is 6.66. The van der Waals surface area contributed by atoms with E-state index in [4.69, 9.17) is 0 Å². The molecule has 0 aliphatic carbocycles. The number of carbonyl (C=O) groups is 1. The van der Waals surface area contributed by atoms with E-state index >= 15 is 0 Å². The molecule has 4 rings (SSSR count). The Morgan fingerprint density at radius 3 is 2.26 bits per heavy atom. The van der Waals surface area contributed by atoms with Crippen LogP contribution in [0.4, 0.5) is 13.9 Å². The first-order valence-electron chi connectivity index (χ1n) is 12.5. The molecule has 0 aliphatic heterocycles. The Hall–Kier alpha value is -3.28. The van der Waals surface area contributed by atoms with Crippen LogP contribution in [0.5, 0.6) is 0 Å². The van der Waals surface area contributed by atoms with Crippen LogP contribution < -0.4 is 4.90 Å². The number of aromatic nitrogens is 2. The number of fused-ring (bicyclic) bond motifs is 1. The van der Waals surface area contributed by atoms with Gasteiger partial charge in [0.25, 0.3) is 5.91 Å². The molecule has 0 aliphatic rings. The molecule has 0 spiro atoms. The number of rotatable bonds is 10. The number of amides is 1. The molecule has 2 aromatic carbocycles. The van der Waals surface area contributed by atoms with Gasteiger partial charge in [-0.1, -0.05) is 45.1 Å². The molecule has 7 nitrogen and oxygen atoms in total. The number of sulfonamides is 1. The van der Waals surface area contributed by atoms with Crippen LogP contribution in [0.25, 0.3) is 10.2 Å². The van der Waals surface area contributed by atoms with Crippen LogP contribution in [0.3, 0.4) is 0 Å². The zero-order chi connectivity index (χ0) is 28.3. The molecule has 206 valence electrons. The number of nitrogens with zero attached hydrogens (tertiary/aromatic N) is 4. The normalized spacial score (nSPS) is 12.1. The van der Waals surface area contributed by atoms with Gasteiger partial charge in [0.15, 0.2) is 10.9 Å². The van der Waals surface area contributed by atoms with Gasteiger partial charge in [-0.3, -0.25) is 14.7 Å². The quantitative estimate of drug-likeness (QED) is 0.229. The number of carbonyl (C=O) groups excluding carboxylic acids is 1. The predicted molar refractivity (Wildman–Crippen MR) is 149 cm³/mol. The second-order valence-corrected chi connectivity index (χ2v) is 13.1. The van der Waals surface area contributed by atoms with Crippen molar-refractivity contribution in [3.8, 4) is 0 Å². The highest BCUT2D eigenvalue weighted by Gasteiger charge is 2.27. The molecule has 1 amide bonds. The summed E-state index contributed by atoms with van der Waals surface area (Å²) >= 11 is 0.990. The lowest BCUT2D eigenvalue weighted by Crippen LogP contribution is -2.37. The third-order valence-electron chi connectivity index (χ3n) is 5.82. The van der Waals surface area contributed by atoms with Crippen LogP contribution in [-0.2, 0) is 16.6 Å². The van der Waals surface area contributed by atoms with Crippen LogP contribution in [0, 0.1) is 23.5 Å². The number of anilines is 1. The second kappa shape index (κ2) is 11.8. The van der Waals surface area contributed by atoms with E-state index in [0.29, 0.717) is 18.7 Å². The van der Waals surface area contributed by atoms with Crippen LogP contribution >= 0.6 is 11.3 Å². The first kappa shape index (κ1) is 28.7. The summed E-state index contributed by atoms with van der Waals surface area (Å²) in [6, 6.07) is 11.2. The van der Waals surface area contributed by atoms with Crippen molar-refractivity contribution in [2.45, 2.75) is 39.1 Å². The molecule has 0 N–H and O–H groups in total. The first-order valence-corrected chi connectivity index (χ1v) is 14.8. The Balaban J connectivity index is 1.69. The van der Waals surface area contributed by atoms with Crippen molar-refractivity contribution in [3.63, 3.8) is 0 Å². The van der Waals surface area contributed by atoms with E-state index in [9.17, 15) is 22.0 Å². The molecule has 2 heterocycles. The highest BCUT2D eigenvalue weighted by molar-refractivity contribution is 7.89. The van der Waals surface area contributed by atoms with Crippen molar-refractivity contribution in [1.82, 2.24) is 14.3 Å². The van der Waals surface area contributed by atoms with E-state index < -0.39 is 27.6 Å². The zero-order valence-electron chi connectivity index (χ0n) is 22.1. The van der Waals surface area contributed by atoms with Gasteiger partial charge >= 0.3 is 0 Å². The van der Waals surface area contributed by atoms with Gasteiger partial charge in [0.2, 0.25) is 10.0 Å². The summed E-state index contributed by atoms with van der Waals surface area (Å²) in [5.41, 5.74) is 0.897. The third-order valence-corrected chi connectivity index (χ3v) is 8.69. The average molecular weight is 573 g/mol. The maximum atomic E-state index is 14.4. The van der Waals surface area contributed by atoms with Gasteiger partial charge < -0.3 is 0 Å². The number of hydrogen-bond acceptors (Lipinski definition) is 6. The summed E-state index contributed by atoms with van der Waals surface area (Å²) in [4.78, 5) is 23.5. The van der Waals surface area contributed by atoms with Gasteiger partial charge in [0.1, 0.15) is 11.3 Å². The first-order chi connectivity index (χ1) is 18.5. The van der Waals surface area contributed by atoms with Gasteiger partial charge in [-0.25, -0.2) is 22.2 Å². The smallest absolute Gasteiger partial charge is 0.260 e. The molecular weight excluding hydrogens is 542 g/mol. The van der Waals surface area contributed by atoms with Crippen LogP contribution in [0.15, 0.2) is 65.8 Å². The fourth-order valence-electron chi connectivity index (χ4n) is 4.12. The van der Waals surface area contributed by atoms with Crippen molar-refractivity contribution in [3.05, 3.63) is 83.7 Å². The summed E-state index contributed by atoms with van der Waals surface area (Å²) in [6.07, 6.45) is 3.20. The van der Waals surface area contributed by atoms with Gasteiger partial charge in [-0.2, -0.15) is 4.31 Å². The minimum atomic E-state index is -3.77. The molecule has 0 bridgehead atoms. The highest BCUT2D eigenvalue weighted by Crippen LogP contribution is 2.33. The maximum absolute atomic E-state index is 14.4. The van der Waals surface area contributed by atoms with E-state index in [0.717, 1.165) is 17.4 Å². The lowest BCUT2D eigenvalue weighted by atomic mass is 10.2. The fraction of sp³-hybridized carbons (Fsp3) is 0.321. The Bertz CT molecular complexity index is 1550. The molecule has 0 unspecified atom stereocenters. The van der Waals surface area contributed by atoms with Crippen molar-refractivity contribution >= 4 is 42.6 Å². The Morgan fingerprint density at radius 1 is 1.00 bits per heavy atom. The van der Waals surface area contributed by atoms with Crippen molar-refractivity contribution < 1.29 is 22.0 Å². The summed E-state index contributed by atoms with van der Waals surface area (Å²) in [7, 11) is -3.77. The van der Waals surface area contributed by atoms with E-state index in [1.807, 2.05) is 27.7 Å². The SMILES string of the molecule is CC(C)CN(CC(C)C)S(=O)(=O)c1ccc(C(=O)N(Cc2cccnc2)c2nc3c(F)cc(F)cc3s2)cc1. The molecule has 0 saturated carbocycles. The van der Waals surface area contributed by atoms with Crippen molar-refractivity contribution in [2.75, 3.05) is 18.0 Å². The maximum Gasteiger partial charge on any atom is 0.260 e. The van der Waals surface area contributed by atoms with Gasteiger partial charge in [0.05, 0.1) is 16.1 Å². The predicted octanol–water partition coefficient (Wildman–Crippen LogP) is 6.12. The van der Waals surface area contributed by atoms with Crippen molar-refractivity contribution in [1.29, 1.82) is 0 Å². The molecule has 4 aromatic rings.